The molecular formula is C14H19NO4S. The molecule has 0 saturated carbocycles. The molecule has 0 aliphatic carbocycles. The highest BCUT2D eigenvalue weighted by molar-refractivity contribution is 7.89. The minimum Gasteiger partial charge on any atom is -0.478 e. The average molecular weight is 297 g/mol. The van der Waals surface area contributed by atoms with E-state index in [0.717, 1.165) is 0 Å². The molecule has 0 aliphatic heterocycles. The summed E-state index contributed by atoms with van der Waals surface area (Å²) in [6.07, 6.45) is 1.49. The second-order valence-corrected chi connectivity index (χ2v) is 6.71. The van der Waals surface area contributed by atoms with Crippen LogP contribution in [0.2, 0.25) is 0 Å². The van der Waals surface area contributed by atoms with Crippen LogP contribution in [0.25, 0.3) is 6.08 Å². The Kier molecular flexibility index (Phi) is 5.47. The first kappa shape index (κ1) is 16.4. The van der Waals surface area contributed by atoms with E-state index in [1.54, 1.807) is 12.1 Å². The molecule has 0 aliphatic rings. The lowest BCUT2D eigenvalue weighted by molar-refractivity contribution is -0.132. The summed E-state index contributed by atoms with van der Waals surface area (Å²) in [7, 11) is -3.50. The van der Waals surface area contributed by atoms with Gasteiger partial charge >= 0.3 is 5.97 Å². The van der Waals surface area contributed by atoms with E-state index in [2.05, 4.69) is 4.72 Å². The number of carboxylic acids is 1. The summed E-state index contributed by atoms with van der Waals surface area (Å²) in [4.78, 5) is 10.9. The Labute approximate surface area is 119 Å². The van der Waals surface area contributed by atoms with Crippen LogP contribution in [0.4, 0.5) is 0 Å². The maximum atomic E-state index is 12.0. The van der Waals surface area contributed by atoms with Gasteiger partial charge < -0.3 is 5.11 Å². The monoisotopic (exact) mass is 297 g/mol. The van der Waals surface area contributed by atoms with Crippen molar-refractivity contribution in [3.63, 3.8) is 0 Å². The second-order valence-electron chi connectivity index (χ2n) is 4.95. The molecule has 2 N–H and O–H groups in total. The van der Waals surface area contributed by atoms with Gasteiger partial charge in [0, 0.05) is 12.1 Å². The normalized spacial score (nSPS) is 12.7. The van der Waals surface area contributed by atoms with E-state index >= 15 is 0 Å². The second kappa shape index (κ2) is 6.67. The number of aliphatic carboxylic acids is 1. The molecule has 5 nitrogen and oxygen atoms in total. The fourth-order valence-corrected chi connectivity index (χ4v) is 2.63. The van der Waals surface area contributed by atoms with Gasteiger partial charge in [-0.05, 0) is 36.6 Å². The first-order valence-corrected chi connectivity index (χ1v) is 7.72. The first-order chi connectivity index (χ1) is 9.22. The number of nitrogens with one attached hydrogen (secondary N) is 1. The summed E-state index contributed by atoms with van der Waals surface area (Å²) in [6.45, 7) is 5.70. The fraction of sp³-hybridized carbons (Fsp3) is 0.357. The number of carbonyl (C=O) groups is 1. The van der Waals surface area contributed by atoms with Crippen molar-refractivity contribution in [2.45, 2.75) is 25.7 Å². The topological polar surface area (TPSA) is 83.5 Å². The molecule has 1 aromatic carbocycles. The predicted molar refractivity (Wildman–Crippen MR) is 77.8 cm³/mol. The van der Waals surface area contributed by atoms with E-state index < -0.39 is 16.0 Å². The molecule has 1 aromatic rings. The summed E-state index contributed by atoms with van der Waals surface area (Å²) in [5, 5.41) is 8.77. The predicted octanol–water partition coefficient (Wildman–Crippen LogP) is 2.11. The highest BCUT2D eigenvalue weighted by Gasteiger charge is 2.13. The zero-order valence-corrected chi connectivity index (χ0v) is 12.6. The largest absolute Gasteiger partial charge is 0.478 e. The van der Waals surface area contributed by atoms with Crippen molar-refractivity contribution in [2.24, 2.45) is 5.92 Å². The van der Waals surface area contributed by atoms with Crippen molar-refractivity contribution in [2.75, 3.05) is 6.54 Å². The van der Waals surface area contributed by atoms with Gasteiger partial charge in [0.2, 0.25) is 10.0 Å². The van der Waals surface area contributed by atoms with Crippen LogP contribution in [0.5, 0.6) is 0 Å². The Morgan fingerprint density at radius 2 is 1.85 bits per heavy atom. The number of benzene rings is 1. The highest BCUT2D eigenvalue weighted by atomic mass is 32.2. The molecule has 0 saturated heterocycles. The molecule has 110 valence electrons. The Balaban J connectivity index is 2.91. The van der Waals surface area contributed by atoms with Crippen molar-refractivity contribution in [3.05, 3.63) is 35.4 Å². The summed E-state index contributed by atoms with van der Waals surface area (Å²) in [6, 6.07) is 6.08. The number of carboxylic acid groups (broad SMARTS) is 1. The van der Waals surface area contributed by atoms with Crippen LogP contribution in [0.15, 0.2) is 34.7 Å². The maximum Gasteiger partial charge on any atom is 0.331 e. The van der Waals surface area contributed by atoms with Crippen LogP contribution in [-0.4, -0.2) is 26.0 Å². The van der Waals surface area contributed by atoms with E-state index in [9.17, 15) is 13.2 Å². The molecule has 1 rings (SSSR count). The lowest BCUT2D eigenvalue weighted by Gasteiger charge is -2.09. The van der Waals surface area contributed by atoms with Crippen molar-refractivity contribution in [1.29, 1.82) is 0 Å². The third-order valence-electron chi connectivity index (χ3n) is 2.59. The smallest absolute Gasteiger partial charge is 0.331 e. The number of hydrogen-bond donors (Lipinski definition) is 2. The molecule has 0 amide bonds. The summed E-state index contributed by atoms with van der Waals surface area (Å²) >= 11 is 0. The maximum absolute atomic E-state index is 12.0. The lowest BCUT2D eigenvalue weighted by Crippen LogP contribution is -2.27. The quantitative estimate of drug-likeness (QED) is 0.788. The number of sulfonamides is 1. The molecule has 6 heteroatoms. The zero-order valence-electron chi connectivity index (χ0n) is 11.8. The van der Waals surface area contributed by atoms with Gasteiger partial charge in [0.15, 0.2) is 0 Å². The molecule has 0 aromatic heterocycles. The van der Waals surface area contributed by atoms with Crippen LogP contribution >= 0.6 is 0 Å². The van der Waals surface area contributed by atoms with Gasteiger partial charge in [-0.3, -0.25) is 0 Å². The minimum absolute atomic E-state index is 0.170. The summed E-state index contributed by atoms with van der Waals surface area (Å²) in [5.41, 5.74) is 0.839. The van der Waals surface area contributed by atoms with Crippen LogP contribution in [0, 0.1) is 5.92 Å². The first-order valence-electron chi connectivity index (χ1n) is 6.23. The van der Waals surface area contributed by atoms with Gasteiger partial charge in [-0.25, -0.2) is 17.9 Å². The Bertz CT molecular complexity index is 601. The SMILES string of the molecule is C/C(=C\c1ccc(S(=O)(=O)NCC(C)C)cc1)C(=O)O. The Hall–Kier alpha value is -1.66. The summed E-state index contributed by atoms with van der Waals surface area (Å²) < 4.78 is 26.4. The zero-order chi connectivity index (χ0) is 15.3. The molecule has 20 heavy (non-hydrogen) atoms. The van der Waals surface area contributed by atoms with E-state index in [1.807, 2.05) is 13.8 Å². The highest BCUT2D eigenvalue weighted by Crippen LogP contribution is 2.13. The van der Waals surface area contributed by atoms with Crippen molar-refractivity contribution in [3.8, 4) is 0 Å². The van der Waals surface area contributed by atoms with Crippen LogP contribution < -0.4 is 4.72 Å². The molecule has 0 unspecified atom stereocenters. The van der Waals surface area contributed by atoms with Crippen LogP contribution in [0.3, 0.4) is 0 Å². The fourth-order valence-electron chi connectivity index (χ4n) is 1.41. The number of hydrogen-bond acceptors (Lipinski definition) is 3. The van der Waals surface area contributed by atoms with Crippen molar-refractivity contribution >= 4 is 22.1 Å². The average Bonchev–Trinajstić information content (AvgIpc) is 2.37. The van der Waals surface area contributed by atoms with Crippen LogP contribution in [-0.2, 0) is 14.8 Å². The van der Waals surface area contributed by atoms with Crippen LogP contribution in [0.1, 0.15) is 26.3 Å². The Morgan fingerprint density at radius 3 is 2.30 bits per heavy atom. The van der Waals surface area contributed by atoms with E-state index in [4.69, 9.17) is 5.11 Å². The van der Waals surface area contributed by atoms with E-state index in [-0.39, 0.29) is 16.4 Å². The van der Waals surface area contributed by atoms with Gasteiger partial charge in [-0.1, -0.05) is 26.0 Å². The van der Waals surface area contributed by atoms with Gasteiger partial charge in [0.1, 0.15) is 0 Å². The van der Waals surface area contributed by atoms with E-state index in [1.165, 1.54) is 25.1 Å². The lowest BCUT2D eigenvalue weighted by atomic mass is 10.1. The third kappa shape index (κ3) is 4.79. The van der Waals surface area contributed by atoms with Gasteiger partial charge in [0.25, 0.3) is 0 Å². The van der Waals surface area contributed by atoms with Gasteiger partial charge in [-0.2, -0.15) is 0 Å². The minimum atomic E-state index is -3.50. The van der Waals surface area contributed by atoms with Gasteiger partial charge in [0.05, 0.1) is 4.90 Å². The van der Waals surface area contributed by atoms with Crippen molar-refractivity contribution in [1.82, 2.24) is 4.72 Å². The molecular weight excluding hydrogens is 278 g/mol. The standard InChI is InChI=1S/C14H19NO4S/c1-10(2)9-15-20(18,19)13-6-4-12(5-7-13)8-11(3)14(16)17/h4-8,10,15H,9H2,1-3H3,(H,16,17)/b11-8+. The van der Waals surface area contributed by atoms with E-state index in [0.29, 0.717) is 12.1 Å². The molecule has 0 atom stereocenters. The summed E-state index contributed by atoms with van der Waals surface area (Å²) in [5.74, 6) is -0.773. The molecule has 0 bridgehead atoms. The number of rotatable bonds is 6. The van der Waals surface area contributed by atoms with Crippen molar-refractivity contribution < 1.29 is 18.3 Å². The van der Waals surface area contributed by atoms with Gasteiger partial charge in [-0.15, -0.1) is 0 Å². The molecule has 0 spiro atoms. The molecule has 0 heterocycles. The Morgan fingerprint density at radius 1 is 1.30 bits per heavy atom. The molecule has 0 fully saturated rings. The third-order valence-corrected chi connectivity index (χ3v) is 4.03. The molecule has 0 radical (unpaired) electrons.